The quantitative estimate of drug-likeness (QED) is 0.481. The summed E-state index contributed by atoms with van der Waals surface area (Å²) >= 11 is 0. The highest BCUT2D eigenvalue weighted by Gasteiger charge is 2.37. The topological polar surface area (TPSA) is 91.6 Å². The minimum atomic E-state index is -5.12. The van der Waals surface area contributed by atoms with Gasteiger partial charge in [0.2, 0.25) is 0 Å². The molecule has 1 aromatic rings. The summed E-state index contributed by atoms with van der Waals surface area (Å²) in [6.07, 6.45) is -4.53. The highest BCUT2D eigenvalue weighted by molar-refractivity contribution is 5.97. The fourth-order valence-corrected chi connectivity index (χ4v) is 1.40. The largest absolute Gasteiger partial charge is 0.573 e. The molecule has 0 amide bonds. The fourth-order valence-electron chi connectivity index (χ4n) is 1.40. The summed E-state index contributed by atoms with van der Waals surface area (Å²) in [6, 6.07) is 0. The van der Waals surface area contributed by atoms with Crippen LogP contribution >= 0.6 is 0 Å². The molecule has 1 rings (SSSR count). The van der Waals surface area contributed by atoms with Gasteiger partial charge in [-0.1, -0.05) is 0 Å². The van der Waals surface area contributed by atoms with Crippen LogP contribution in [0.1, 0.15) is 23.0 Å². The van der Waals surface area contributed by atoms with E-state index in [0.717, 1.165) is 0 Å². The molecule has 0 aliphatic carbocycles. The maximum absolute atomic E-state index is 12.2. The Bertz CT molecular complexity index is 544. The molecular weight excluding hydrogens is 285 g/mol. The average molecular weight is 294 g/mol. The fraction of sp³-hybridized carbons (Fsp3) is 0.400. The van der Waals surface area contributed by atoms with Gasteiger partial charge in [0.15, 0.2) is 11.3 Å². The van der Waals surface area contributed by atoms with E-state index in [2.05, 4.69) is 14.5 Å². The molecule has 0 N–H and O–H groups in total. The number of hydrogen-bond donors (Lipinski definition) is 0. The number of pyridine rings is 1. The van der Waals surface area contributed by atoms with Crippen molar-refractivity contribution in [3.05, 3.63) is 27.6 Å². The first kappa shape index (κ1) is 15.7. The van der Waals surface area contributed by atoms with Crippen molar-refractivity contribution in [1.82, 2.24) is 4.98 Å². The van der Waals surface area contributed by atoms with Crippen LogP contribution in [0.15, 0.2) is 6.20 Å². The van der Waals surface area contributed by atoms with E-state index in [-0.39, 0.29) is 12.3 Å². The highest BCUT2D eigenvalue weighted by atomic mass is 19.4. The van der Waals surface area contributed by atoms with Gasteiger partial charge >= 0.3 is 18.0 Å². The number of halogens is 3. The van der Waals surface area contributed by atoms with Crippen molar-refractivity contribution in [1.29, 1.82) is 0 Å². The van der Waals surface area contributed by atoms with Gasteiger partial charge in [-0.2, -0.15) is 0 Å². The summed E-state index contributed by atoms with van der Waals surface area (Å²) in [5.41, 5.74) is -2.03. The number of alkyl halides is 3. The van der Waals surface area contributed by atoms with E-state index in [1.807, 2.05) is 0 Å². The molecule has 0 aromatic carbocycles. The van der Waals surface area contributed by atoms with E-state index >= 15 is 0 Å². The summed E-state index contributed by atoms with van der Waals surface area (Å²) in [5.74, 6) is -2.36. The number of carbonyl (C=O) groups is 1. The van der Waals surface area contributed by atoms with Gasteiger partial charge < -0.3 is 9.47 Å². The lowest BCUT2D eigenvalue weighted by atomic mass is 10.1. The Labute approximate surface area is 110 Å². The second-order valence-electron chi connectivity index (χ2n) is 3.46. The highest BCUT2D eigenvalue weighted by Crippen LogP contribution is 2.34. The van der Waals surface area contributed by atoms with Crippen LogP contribution in [0.5, 0.6) is 5.75 Å². The molecule has 110 valence electrons. The van der Waals surface area contributed by atoms with Crippen molar-refractivity contribution in [3.63, 3.8) is 0 Å². The molecule has 20 heavy (non-hydrogen) atoms. The lowest BCUT2D eigenvalue weighted by Crippen LogP contribution is -2.21. The number of esters is 1. The van der Waals surface area contributed by atoms with E-state index in [1.165, 1.54) is 13.8 Å². The summed E-state index contributed by atoms with van der Waals surface area (Å²) in [6.45, 7) is 2.42. The number of aryl methyl sites for hydroxylation is 1. The average Bonchev–Trinajstić information content (AvgIpc) is 2.29. The number of nitrogens with zero attached hydrogens (tertiary/aromatic N) is 2. The Hall–Kier alpha value is -2.39. The summed E-state index contributed by atoms with van der Waals surface area (Å²) in [7, 11) is 0. The Morgan fingerprint density at radius 1 is 1.50 bits per heavy atom. The summed E-state index contributed by atoms with van der Waals surface area (Å²) in [5, 5.41) is 10.9. The number of nitro groups is 1. The third kappa shape index (κ3) is 3.56. The van der Waals surface area contributed by atoms with Crippen molar-refractivity contribution in [3.8, 4) is 5.75 Å². The Kier molecular flexibility index (Phi) is 4.48. The molecular formula is C10H9F3N2O5. The number of aromatic nitrogens is 1. The van der Waals surface area contributed by atoms with Gasteiger partial charge in [-0.3, -0.25) is 15.1 Å². The predicted octanol–water partition coefficient (Wildman–Crippen LogP) is 2.37. The number of ether oxygens (including phenoxy) is 2. The molecule has 0 unspecified atom stereocenters. The van der Waals surface area contributed by atoms with Crippen molar-refractivity contribution in [2.24, 2.45) is 0 Å². The van der Waals surface area contributed by atoms with Gasteiger partial charge in [0.25, 0.3) is 0 Å². The summed E-state index contributed by atoms with van der Waals surface area (Å²) < 4.78 is 44.8. The van der Waals surface area contributed by atoms with E-state index in [4.69, 9.17) is 0 Å². The number of carbonyl (C=O) groups excluding carboxylic acids is 1. The number of hydrogen-bond acceptors (Lipinski definition) is 6. The monoisotopic (exact) mass is 294 g/mol. The molecule has 1 heterocycles. The van der Waals surface area contributed by atoms with Gasteiger partial charge in [0.05, 0.1) is 17.7 Å². The molecule has 0 fully saturated rings. The smallest absolute Gasteiger partial charge is 0.462 e. The lowest BCUT2D eigenvalue weighted by Gasteiger charge is -2.13. The minimum absolute atomic E-state index is 0.164. The zero-order valence-electron chi connectivity index (χ0n) is 10.4. The maximum atomic E-state index is 12.2. The second kappa shape index (κ2) is 5.72. The van der Waals surface area contributed by atoms with Crippen molar-refractivity contribution < 1.29 is 32.4 Å². The van der Waals surface area contributed by atoms with Gasteiger partial charge in [-0.25, -0.2) is 4.79 Å². The van der Waals surface area contributed by atoms with E-state index in [1.54, 1.807) is 0 Å². The third-order valence-corrected chi connectivity index (χ3v) is 2.09. The van der Waals surface area contributed by atoms with Gasteiger partial charge in [0.1, 0.15) is 5.69 Å². The molecule has 0 atom stereocenters. The first-order valence-corrected chi connectivity index (χ1v) is 5.24. The first-order chi connectivity index (χ1) is 9.17. The van der Waals surface area contributed by atoms with Crippen LogP contribution in [-0.2, 0) is 4.74 Å². The molecule has 0 spiro atoms. The van der Waals surface area contributed by atoms with Gasteiger partial charge in [0, 0.05) is 0 Å². The first-order valence-electron chi connectivity index (χ1n) is 5.24. The standard InChI is InChI=1S/C10H9F3N2O5/c1-3-19-9(16)7-6(20-10(11,12)13)4-14-5(2)8(7)15(17)18/h4H,3H2,1-2H3. The SMILES string of the molecule is CCOC(=O)c1c(OC(F)(F)F)cnc(C)c1[N+](=O)[O-]. The molecule has 0 saturated heterocycles. The van der Waals surface area contributed by atoms with E-state index in [0.29, 0.717) is 6.20 Å². The Morgan fingerprint density at radius 2 is 2.10 bits per heavy atom. The molecule has 1 aromatic heterocycles. The third-order valence-electron chi connectivity index (χ3n) is 2.09. The molecule has 0 saturated carbocycles. The maximum Gasteiger partial charge on any atom is 0.573 e. The Balaban J connectivity index is 3.48. The molecule has 10 heteroatoms. The predicted molar refractivity (Wildman–Crippen MR) is 58.3 cm³/mol. The van der Waals surface area contributed by atoms with Gasteiger partial charge in [-0.05, 0) is 13.8 Å². The molecule has 0 radical (unpaired) electrons. The zero-order valence-corrected chi connectivity index (χ0v) is 10.4. The normalized spacial score (nSPS) is 11.1. The van der Waals surface area contributed by atoms with Crippen LogP contribution in [0.4, 0.5) is 18.9 Å². The molecule has 7 nitrogen and oxygen atoms in total. The van der Waals surface area contributed by atoms with Gasteiger partial charge in [-0.15, -0.1) is 13.2 Å². The second-order valence-corrected chi connectivity index (χ2v) is 3.46. The van der Waals surface area contributed by atoms with Crippen LogP contribution < -0.4 is 4.74 Å². The van der Waals surface area contributed by atoms with Crippen molar-refractivity contribution in [2.75, 3.05) is 6.61 Å². The Morgan fingerprint density at radius 3 is 2.55 bits per heavy atom. The van der Waals surface area contributed by atoms with E-state index in [9.17, 15) is 28.1 Å². The number of rotatable bonds is 4. The van der Waals surface area contributed by atoms with Crippen LogP contribution in [-0.4, -0.2) is 28.8 Å². The lowest BCUT2D eigenvalue weighted by molar-refractivity contribution is -0.386. The molecule has 0 aliphatic heterocycles. The van der Waals surface area contributed by atoms with Crippen LogP contribution in [0.3, 0.4) is 0 Å². The van der Waals surface area contributed by atoms with Crippen LogP contribution in [0, 0.1) is 17.0 Å². The summed E-state index contributed by atoms with van der Waals surface area (Å²) in [4.78, 5) is 24.9. The minimum Gasteiger partial charge on any atom is -0.462 e. The molecule has 0 bridgehead atoms. The van der Waals surface area contributed by atoms with E-state index < -0.39 is 34.3 Å². The van der Waals surface area contributed by atoms with Crippen molar-refractivity contribution >= 4 is 11.7 Å². The van der Waals surface area contributed by atoms with Crippen LogP contribution in [0.2, 0.25) is 0 Å². The van der Waals surface area contributed by atoms with Crippen LogP contribution in [0.25, 0.3) is 0 Å². The molecule has 0 aliphatic rings. The van der Waals surface area contributed by atoms with Crippen molar-refractivity contribution in [2.45, 2.75) is 20.2 Å². The zero-order chi connectivity index (χ0) is 15.5.